The van der Waals surface area contributed by atoms with Crippen LogP contribution in [0.2, 0.25) is 0 Å². The zero-order chi connectivity index (χ0) is 50.0. The highest BCUT2D eigenvalue weighted by Crippen LogP contribution is 2.13. The van der Waals surface area contributed by atoms with Gasteiger partial charge in [-0.05, 0) is 128 Å². The second kappa shape index (κ2) is 56.7. The van der Waals surface area contributed by atoms with E-state index in [0.29, 0.717) is 12.8 Å². The summed E-state index contributed by atoms with van der Waals surface area (Å²) in [7, 11) is 0. The van der Waals surface area contributed by atoms with E-state index in [-0.39, 0.29) is 37.5 Å². The molecule has 392 valence electrons. The maximum absolute atomic E-state index is 12.8. The number of esters is 3. The number of allylic oxidation sites excluding steroid dienone is 18. The smallest absolute Gasteiger partial charge is 0.306 e. The van der Waals surface area contributed by atoms with E-state index in [1.54, 1.807) is 0 Å². The summed E-state index contributed by atoms with van der Waals surface area (Å²) < 4.78 is 16.8. The van der Waals surface area contributed by atoms with Crippen molar-refractivity contribution in [3.63, 3.8) is 0 Å². The van der Waals surface area contributed by atoms with Crippen LogP contribution in [-0.2, 0) is 28.6 Å². The van der Waals surface area contributed by atoms with Gasteiger partial charge in [-0.3, -0.25) is 14.4 Å². The average Bonchev–Trinajstić information content (AvgIpc) is 3.35. The van der Waals surface area contributed by atoms with Crippen molar-refractivity contribution in [1.82, 2.24) is 0 Å². The molecular weight excluding hydrogens is 853 g/mol. The summed E-state index contributed by atoms with van der Waals surface area (Å²) >= 11 is 0. The molecule has 0 heterocycles. The van der Waals surface area contributed by atoms with Gasteiger partial charge in [-0.1, -0.05) is 214 Å². The topological polar surface area (TPSA) is 78.9 Å². The molecule has 0 rings (SSSR count). The second-order valence-electron chi connectivity index (χ2n) is 18.5. The van der Waals surface area contributed by atoms with Gasteiger partial charge >= 0.3 is 17.9 Å². The molecule has 1 atom stereocenters. The highest BCUT2D eigenvalue weighted by Gasteiger charge is 2.19. The van der Waals surface area contributed by atoms with Crippen molar-refractivity contribution in [2.24, 2.45) is 0 Å². The SMILES string of the molecule is CC/C=C\C/C=C\C/C=C\C/C=C\CCCCCCC(=O)O[C@H](COC(=O)CCCCC/C=C\C/C=C\C/C=C\C/C=C\CCCCC)COC(=O)CCCCCCCCC/C=C\CCCCCC. The molecule has 0 spiro atoms. The maximum atomic E-state index is 12.8. The van der Waals surface area contributed by atoms with Gasteiger partial charge < -0.3 is 14.2 Å². The Morgan fingerprint density at radius 1 is 0.304 bits per heavy atom. The lowest BCUT2D eigenvalue weighted by molar-refractivity contribution is -0.167. The summed E-state index contributed by atoms with van der Waals surface area (Å²) in [6.07, 6.45) is 76.4. The van der Waals surface area contributed by atoms with Crippen LogP contribution in [0.1, 0.15) is 252 Å². The number of carbonyl (C=O) groups excluding carboxylic acids is 3. The quantitative estimate of drug-likeness (QED) is 0.0262. The van der Waals surface area contributed by atoms with Gasteiger partial charge in [0.05, 0.1) is 0 Å². The molecule has 0 bridgehead atoms. The molecule has 0 saturated heterocycles. The molecular formula is C63H104O6. The molecule has 0 fully saturated rings. The number of unbranched alkanes of at least 4 members (excludes halogenated alkanes) is 21. The number of carbonyl (C=O) groups is 3. The molecule has 0 aliphatic heterocycles. The zero-order valence-electron chi connectivity index (χ0n) is 44.8. The van der Waals surface area contributed by atoms with E-state index >= 15 is 0 Å². The molecule has 6 nitrogen and oxygen atoms in total. The van der Waals surface area contributed by atoms with Crippen molar-refractivity contribution in [2.45, 2.75) is 258 Å². The van der Waals surface area contributed by atoms with E-state index in [0.717, 1.165) is 122 Å². The van der Waals surface area contributed by atoms with E-state index in [9.17, 15) is 14.4 Å². The average molecular weight is 958 g/mol. The van der Waals surface area contributed by atoms with E-state index in [4.69, 9.17) is 14.2 Å². The molecule has 0 aliphatic carbocycles. The molecule has 0 radical (unpaired) electrons. The third-order valence-electron chi connectivity index (χ3n) is 11.7. The fourth-order valence-electron chi connectivity index (χ4n) is 7.47. The standard InChI is InChI=1S/C63H104O6/c1-4-7-10-13-16-19-22-25-28-30-31-33-35-38-41-44-47-50-53-56-62(65)68-59-60(58-67-61(64)55-52-49-46-43-40-37-34-27-24-21-18-15-12-9-6-3)69-63(66)57-54-51-48-45-42-39-36-32-29-26-23-20-17-14-11-8-5-2/h8,11,16-17,19-21,24-26,28-29,31,33,36,38-39,41,60H,4-7,9-10,12-15,18,22-23,27,30,32,34-35,37,40,42-59H2,1-3H3/b11-8-,19-16-,20-17-,24-21-,28-25-,29-26-,33-31-,39-36-,41-38-/t60-/m0/s1. The summed E-state index contributed by atoms with van der Waals surface area (Å²) in [5, 5.41) is 0. The van der Waals surface area contributed by atoms with E-state index in [1.807, 2.05) is 0 Å². The summed E-state index contributed by atoms with van der Waals surface area (Å²) in [5.74, 6) is -0.963. The molecule has 0 aromatic rings. The monoisotopic (exact) mass is 957 g/mol. The van der Waals surface area contributed by atoms with Gasteiger partial charge in [-0.2, -0.15) is 0 Å². The van der Waals surface area contributed by atoms with Gasteiger partial charge in [0.15, 0.2) is 6.10 Å². The lowest BCUT2D eigenvalue weighted by Crippen LogP contribution is -2.30. The Morgan fingerprint density at radius 3 is 0.942 bits per heavy atom. The van der Waals surface area contributed by atoms with Crippen molar-refractivity contribution >= 4 is 17.9 Å². The van der Waals surface area contributed by atoms with Crippen LogP contribution < -0.4 is 0 Å². The van der Waals surface area contributed by atoms with Crippen molar-refractivity contribution < 1.29 is 28.6 Å². The third-order valence-corrected chi connectivity index (χ3v) is 11.7. The number of ether oxygens (including phenoxy) is 3. The first-order valence-electron chi connectivity index (χ1n) is 28.4. The fourth-order valence-corrected chi connectivity index (χ4v) is 7.47. The highest BCUT2D eigenvalue weighted by atomic mass is 16.6. The largest absolute Gasteiger partial charge is 0.462 e. The summed E-state index contributed by atoms with van der Waals surface area (Å²) in [5.41, 5.74) is 0. The van der Waals surface area contributed by atoms with E-state index in [2.05, 4.69) is 130 Å². The molecule has 0 aliphatic rings. The van der Waals surface area contributed by atoms with Crippen molar-refractivity contribution in [2.75, 3.05) is 13.2 Å². The summed E-state index contributed by atoms with van der Waals surface area (Å²) in [4.78, 5) is 38.1. The minimum Gasteiger partial charge on any atom is -0.462 e. The van der Waals surface area contributed by atoms with Gasteiger partial charge in [0.25, 0.3) is 0 Å². The van der Waals surface area contributed by atoms with Crippen LogP contribution in [0.4, 0.5) is 0 Å². The normalized spacial score (nSPS) is 12.9. The Kier molecular flexibility index (Phi) is 53.4. The molecule has 69 heavy (non-hydrogen) atoms. The van der Waals surface area contributed by atoms with Gasteiger partial charge in [0.1, 0.15) is 13.2 Å². The summed E-state index contributed by atoms with van der Waals surface area (Å²) in [6.45, 7) is 6.43. The fraction of sp³-hybridized carbons (Fsp3) is 0.667. The highest BCUT2D eigenvalue weighted by molar-refractivity contribution is 5.71. The van der Waals surface area contributed by atoms with Crippen LogP contribution in [0.25, 0.3) is 0 Å². The van der Waals surface area contributed by atoms with Crippen LogP contribution in [0, 0.1) is 0 Å². The first-order valence-corrected chi connectivity index (χ1v) is 28.4. The van der Waals surface area contributed by atoms with Crippen LogP contribution >= 0.6 is 0 Å². The minimum atomic E-state index is -0.808. The number of hydrogen-bond donors (Lipinski definition) is 0. The summed E-state index contributed by atoms with van der Waals surface area (Å²) in [6, 6.07) is 0. The van der Waals surface area contributed by atoms with Crippen molar-refractivity contribution in [3.05, 3.63) is 109 Å². The molecule has 0 aromatic heterocycles. The molecule has 0 amide bonds. The van der Waals surface area contributed by atoms with Gasteiger partial charge in [-0.25, -0.2) is 0 Å². The number of rotatable bonds is 50. The van der Waals surface area contributed by atoms with Gasteiger partial charge in [-0.15, -0.1) is 0 Å². The first-order chi connectivity index (χ1) is 34.0. The molecule has 0 unspecified atom stereocenters. The van der Waals surface area contributed by atoms with E-state index < -0.39 is 6.10 Å². The van der Waals surface area contributed by atoms with Crippen molar-refractivity contribution in [3.8, 4) is 0 Å². The zero-order valence-corrected chi connectivity index (χ0v) is 44.8. The lowest BCUT2D eigenvalue weighted by atomic mass is 10.1. The van der Waals surface area contributed by atoms with Gasteiger partial charge in [0, 0.05) is 19.3 Å². The van der Waals surface area contributed by atoms with Crippen LogP contribution in [0.3, 0.4) is 0 Å². The van der Waals surface area contributed by atoms with Gasteiger partial charge in [0.2, 0.25) is 0 Å². The third kappa shape index (κ3) is 54.9. The van der Waals surface area contributed by atoms with E-state index in [1.165, 1.54) is 89.9 Å². The minimum absolute atomic E-state index is 0.102. The van der Waals surface area contributed by atoms with Crippen LogP contribution in [0.15, 0.2) is 109 Å². The Morgan fingerprint density at radius 2 is 0.565 bits per heavy atom. The van der Waals surface area contributed by atoms with Crippen LogP contribution in [-0.4, -0.2) is 37.2 Å². The van der Waals surface area contributed by atoms with Crippen molar-refractivity contribution in [1.29, 1.82) is 0 Å². The number of hydrogen-bond acceptors (Lipinski definition) is 6. The predicted octanol–water partition coefficient (Wildman–Crippen LogP) is 19.1. The predicted molar refractivity (Wildman–Crippen MR) is 297 cm³/mol. The molecule has 0 aromatic carbocycles. The molecule has 6 heteroatoms. The van der Waals surface area contributed by atoms with Crippen LogP contribution in [0.5, 0.6) is 0 Å². The first kappa shape index (κ1) is 65.1. The Balaban J connectivity index is 4.51. The maximum Gasteiger partial charge on any atom is 0.306 e. The Bertz CT molecular complexity index is 1420. The molecule has 0 saturated carbocycles. The second-order valence-corrected chi connectivity index (χ2v) is 18.5. The Hall–Kier alpha value is -3.93. The Labute approximate surface area is 425 Å². The lowest BCUT2D eigenvalue weighted by Gasteiger charge is -2.18. The molecule has 0 N–H and O–H groups in total.